The summed E-state index contributed by atoms with van der Waals surface area (Å²) in [5.41, 5.74) is 0. The highest BCUT2D eigenvalue weighted by Crippen LogP contribution is 2.02. The first kappa shape index (κ1) is 13.6. The number of hydrogen-bond acceptors (Lipinski definition) is 4. The first-order valence-corrected chi connectivity index (χ1v) is 7.28. The second kappa shape index (κ2) is 6.33. The molecule has 0 aromatic carbocycles. The Balaban J connectivity index is 2.41. The zero-order valence-electron chi connectivity index (χ0n) is 8.89. The Bertz CT molecular complexity index is 418. The van der Waals surface area contributed by atoms with Crippen molar-refractivity contribution in [3.8, 4) is 0 Å². The van der Waals surface area contributed by atoms with Crippen molar-refractivity contribution in [1.29, 1.82) is 0 Å². The molecule has 0 atom stereocenters. The summed E-state index contributed by atoms with van der Waals surface area (Å²) < 4.78 is 32.4. The van der Waals surface area contributed by atoms with Crippen LogP contribution in [0.1, 0.15) is 0 Å². The van der Waals surface area contributed by atoms with Crippen LogP contribution < -0.4 is 4.72 Å². The fourth-order valence-corrected chi connectivity index (χ4v) is 2.23. The smallest absolute Gasteiger partial charge is 0.259 e. The average Bonchev–Trinajstić information content (AvgIpc) is 2.65. The number of nitrogens with one attached hydrogen (secondary N) is 1. The van der Waals surface area contributed by atoms with Crippen molar-refractivity contribution >= 4 is 26.0 Å². The van der Waals surface area contributed by atoms with Gasteiger partial charge in [-0.05, 0) is 0 Å². The lowest BCUT2D eigenvalue weighted by molar-refractivity contribution is 0.156. The van der Waals surface area contributed by atoms with Gasteiger partial charge in [-0.2, -0.15) is 0 Å². The van der Waals surface area contributed by atoms with E-state index in [4.69, 9.17) is 4.74 Å². The molecule has 0 radical (unpaired) electrons. The van der Waals surface area contributed by atoms with E-state index in [1.54, 1.807) is 11.6 Å². The second-order valence-electron chi connectivity index (χ2n) is 3.08. The molecule has 92 valence electrons. The van der Waals surface area contributed by atoms with Gasteiger partial charge in [0, 0.05) is 25.1 Å². The first-order valence-electron chi connectivity index (χ1n) is 4.67. The van der Waals surface area contributed by atoms with E-state index >= 15 is 0 Å². The Labute approximate surface area is 103 Å². The van der Waals surface area contributed by atoms with E-state index in [2.05, 4.69) is 25.6 Å². The minimum absolute atomic E-state index is 0.0236. The summed E-state index contributed by atoms with van der Waals surface area (Å²) >= 11 is 3.20. The molecule has 1 N–H and O–H groups in total. The summed E-state index contributed by atoms with van der Waals surface area (Å²) in [7, 11) is -1.79. The maximum Gasteiger partial charge on any atom is 0.259 e. The highest BCUT2D eigenvalue weighted by atomic mass is 79.9. The van der Waals surface area contributed by atoms with Crippen molar-refractivity contribution in [2.45, 2.75) is 5.03 Å². The maximum absolute atomic E-state index is 11.6. The molecule has 0 aliphatic rings. The van der Waals surface area contributed by atoms with Crippen LogP contribution in [0.4, 0.5) is 0 Å². The minimum atomic E-state index is -3.50. The highest BCUT2D eigenvalue weighted by molar-refractivity contribution is 9.09. The van der Waals surface area contributed by atoms with Gasteiger partial charge in [0.2, 0.25) is 0 Å². The molecule has 0 saturated heterocycles. The van der Waals surface area contributed by atoms with Crippen molar-refractivity contribution in [3.63, 3.8) is 0 Å². The van der Waals surface area contributed by atoms with Gasteiger partial charge in [0.05, 0.1) is 19.5 Å². The largest absolute Gasteiger partial charge is 0.379 e. The summed E-state index contributed by atoms with van der Waals surface area (Å²) in [6.45, 7) is 1.15. The summed E-state index contributed by atoms with van der Waals surface area (Å²) in [6, 6.07) is 0. The molecular formula is C8H14BrN3O3S. The van der Waals surface area contributed by atoms with E-state index in [0.717, 1.165) is 5.33 Å². The first-order chi connectivity index (χ1) is 7.56. The van der Waals surface area contributed by atoms with Crippen molar-refractivity contribution in [2.75, 3.05) is 25.1 Å². The molecule has 0 amide bonds. The Morgan fingerprint density at radius 1 is 1.56 bits per heavy atom. The number of nitrogens with zero attached hydrogens (tertiary/aromatic N) is 2. The molecule has 0 bridgehead atoms. The van der Waals surface area contributed by atoms with E-state index in [9.17, 15) is 8.42 Å². The number of sulfonamides is 1. The van der Waals surface area contributed by atoms with Gasteiger partial charge in [-0.1, -0.05) is 15.9 Å². The molecule has 6 nitrogen and oxygen atoms in total. The van der Waals surface area contributed by atoms with Crippen LogP contribution in [0.2, 0.25) is 0 Å². The molecule has 1 aromatic heterocycles. The number of aryl methyl sites for hydroxylation is 1. The Morgan fingerprint density at radius 2 is 2.31 bits per heavy atom. The standard InChI is InChI=1S/C8H14BrN3O3S/c1-12-6-8(10-7-12)16(13,14)11-3-5-15-4-2-9/h6-7,11H,2-5H2,1H3. The lowest BCUT2D eigenvalue weighted by atomic mass is 10.7. The number of hydrogen-bond donors (Lipinski definition) is 1. The zero-order valence-corrected chi connectivity index (χ0v) is 11.3. The molecule has 1 heterocycles. The fourth-order valence-electron chi connectivity index (χ4n) is 1.01. The van der Waals surface area contributed by atoms with E-state index in [0.29, 0.717) is 13.2 Å². The number of alkyl halides is 1. The third-order valence-corrected chi connectivity index (χ3v) is 3.39. The van der Waals surface area contributed by atoms with Crippen LogP contribution in [0.15, 0.2) is 17.6 Å². The molecular weight excluding hydrogens is 298 g/mol. The third kappa shape index (κ3) is 4.20. The van der Waals surface area contributed by atoms with E-state index < -0.39 is 10.0 Å². The minimum Gasteiger partial charge on any atom is -0.379 e. The molecule has 1 aromatic rings. The van der Waals surface area contributed by atoms with Crippen LogP contribution in [0.5, 0.6) is 0 Å². The molecule has 0 saturated carbocycles. The van der Waals surface area contributed by atoms with Gasteiger partial charge in [0.1, 0.15) is 0 Å². The molecule has 0 aliphatic heterocycles. The van der Waals surface area contributed by atoms with Gasteiger partial charge >= 0.3 is 0 Å². The lowest BCUT2D eigenvalue weighted by Gasteiger charge is -2.04. The van der Waals surface area contributed by atoms with Crippen LogP contribution in [-0.2, 0) is 21.8 Å². The average molecular weight is 312 g/mol. The lowest BCUT2D eigenvalue weighted by Crippen LogP contribution is -2.28. The van der Waals surface area contributed by atoms with Gasteiger partial charge < -0.3 is 9.30 Å². The van der Waals surface area contributed by atoms with E-state index in [-0.39, 0.29) is 11.6 Å². The second-order valence-corrected chi connectivity index (χ2v) is 5.58. The molecule has 0 fully saturated rings. The predicted octanol–water partition coefficient (Wildman–Crippen LogP) is 0.110. The predicted molar refractivity (Wildman–Crippen MR) is 63.0 cm³/mol. The van der Waals surface area contributed by atoms with Gasteiger partial charge in [-0.3, -0.25) is 0 Å². The number of halogens is 1. The summed E-state index contributed by atoms with van der Waals surface area (Å²) in [6.07, 6.45) is 2.89. The zero-order chi connectivity index (χ0) is 12.0. The molecule has 16 heavy (non-hydrogen) atoms. The van der Waals surface area contributed by atoms with Crippen LogP contribution in [0.3, 0.4) is 0 Å². The number of aromatic nitrogens is 2. The van der Waals surface area contributed by atoms with Gasteiger partial charge in [0.15, 0.2) is 5.03 Å². The Hall–Kier alpha value is -0.440. The van der Waals surface area contributed by atoms with Crippen molar-refractivity contribution in [2.24, 2.45) is 7.05 Å². The molecule has 0 aliphatic carbocycles. The topological polar surface area (TPSA) is 73.2 Å². The van der Waals surface area contributed by atoms with Crippen molar-refractivity contribution in [3.05, 3.63) is 12.5 Å². The molecule has 0 spiro atoms. The number of imidazole rings is 1. The van der Waals surface area contributed by atoms with Crippen LogP contribution in [0.25, 0.3) is 0 Å². The summed E-state index contributed by atoms with van der Waals surface area (Å²) in [5, 5.41) is 0.760. The highest BCUT2D eigenvalue weighted by Gasteiger charge is 2.15. The van der Waals surface area contributed by atoms with Gasteiger partial charge in [-0.25, -0.2) is 18.1 Å². The molecule has 0 unspecified atom stereocenters. The summed E-state index contributed by atoms with van der Waals surface area (Å²) in [4.78, 5) is 3.77. The van der Waals surface area contributed by atoms with Gasteiger partial charge in [0.25, 0.3) is 10.0 Å². The van der Waals surface area contributed by atoms with Gasteiger partial charge in [-0.15, -0.1) is 0 Å². The van der Waals surface area contributed by atoms with Crippen LogP contribution in [-0.4, -0.2) is 43.1 Å². The number of ether oxygens (including phenoxy) is 1. The Morgan fingerprint density at radius 3 is 2.88 bits per heavy atom. The van der Waals surface area contributed by atoms with Crippen molar-refractivity contribution in [1.82, 2.24) is 14.3 Å². The Kier molecular flexibility index (Phi) is 5.39. The van der Waals surface area contributed by atoms with Crippen molar-refractivity contribution < 1.29 is 13.2 Å². The number of rotatable bonds is 7. The molecule has 8 heteroatoms. The van der Waals surface area contributed by atoms with Crippen LogP contribution in [0, 0.1) is 0 Å². The van der Waals surface area contributed by atoms with E-state index in [1.807, 2.05) is 0 Å². The normalized spacial score (nSPS) is 11.9. The fraction of sp³-hybridized carbons (Fsp3) is 0.625. The van der Waals surface area contributed by atoms with E-state index in [1.165, 1.54) is 12.5 Å². The SMILES string of the molecule is Cn1cnc(S(=O)(=O)NCCOCCBr)c1. The summed E-state index contributed by atoms with van der Waals surface area (Å²) in [5.74, 6) is 0. The maximum atomic E-state index is 11.6. The third-order valence-electron chi connectivity index (χ3n) is 1.72. The molecule has 1 rings (SSSR count). The van der Waals surface area contributed by atoms with Crippen LogP contribution >= 0.6 is 15.9 Å². The quantitative estimate of drug-likeness (QED) is 0.573. The monoisotopic (exact) mass is 311 g/mol.